The number of nitriles is 1. The Hall–Kier alpha value is -3.74. The standard InChI is InChI=1S/C25H24N4O5/c1-13(2)33-20-7-6-14(8-16(20)11-26)25-27-24(28-34-25)18-5-3-4-17-19(18)9-15-10-21(30)29(23(15)17)12-22(31)32/h3-8,13,15,22-23,31-32H,9-10,12H2,1-2H3. The van der Waals surface area contributed by atoms with Crippen molar-refractivity contribution >= 4 is 5.91 Å². The van der Waals surface area contributed by atoms with Crippen molar-refractivity contribution in [2.45, 2.75) is 45.1 Å². The van der Waals surface area contributed by atoms with Gasteiger partial charge in [0.25, 0.3) is 5.89 Å². The number of β-amino-alcohol motifs (C(OH)–C–C–N with tert-alkyl or cyclic N) is 2. The summed E-state index contributed by atoms with van der Waals surface area (Å²) < 4.78 is 11.2. The third-order valence-corrected chi connectivity index (χ3v) is 6.27. The number of hydrogen-bond donors (Lipinski definition) is 2. The average molecular weight is 460 g/mol. The van der Waals surface area contributed by atoms with Gasteiger partial charge in [-0.15, -0.1) is 0 Å². The quantitative estimate of drug-likeness (QED) is 0.537. The van der Waals surface area contributed by atoms with Crippen molar-refractivity contribution < 1.29 is 24.3 Å². The molecule has 2 unspecified atom stereocenters. The Morgan fingerprint density at radius 2 is 2.09 bits per heavy atom. The number of fused-ring (bicyclic) bond motifs is 3. The summed E-state index contributed by atoms with van der Waals surface area (Å²) >= 11 is 0. The lowest BCUT2D eigenvalue weighted by Gasteiger charge is -2.26. The smallest absolute Gasteiger partial charge is 0.258 e. The summed E-state index contributed by atoms with van der Waals surface area (Å²) in [5, 5.41) is 32.6. The van der Waals surface area contributed by atoms with E-state index in [2.05, 4.69) is 16.2 Å². The van der Waals surface area contributed by atoms with Crippen LogP contribution in [0.3, 0.4) is 0 Å². The molecule has 9 heteroatoms. The maximum absolute atomic E-state index is 12.4. The van der Waals surface area contributed by atoms with Crippen LogP contribution in [-0.4, -0.2) is 50.1 Å². The third kappa shape index (κ3) is 3.81. The zero-order chi connectivity index (χ0) is 24.0. The maximum Gasteiger partial charge on any atom is 0.258 e. The van der Waals surface area contributed by atoms with Gasteiger partial charge >= 0.3 is 0 Å². The highest BCUT2D eigenvalue weighted by molar-refractivity contribution is 5.81. The summed E-state index contributed by atoms with van der Waals surface area (Å²) in [6.45, 7) is 3.67. The second kappa shape index (κ2) is 8.56. The molecule has 0 bridgehead atoms. The van der Waals surface area contributed by atoms with E-state index in [0.29, 0.717) is 41.4 Å². The van der Waals surface area contributed by atoms with E-state index in [1.165, 1.54) is 0 Å². The van der Waals surface area contributed by atoms with Crippen LogP contribution in [0.25, 0.3) is 22.8 Å². The molecule has 5 rings (SSSR count). The zero-order valence-electron chi connectivity index (χ0n) is 18.8. The van der Waals surface area contributed by atoms with Crippen molar-refractivity contribution in [3.05, 3.63) is 53.1 Å². The van der Waals surface area contributed by atoms with Gasteiger partial charge in [-0.2, -0.15) is 10.2 Å². The first-order chi connectivity index (χ1) is 16.4. The summed E-state index contributed by atoms with van der Waals surface area (Å²) in [6, 6.07) is 12.9. The lowest BCUT2D eigenvalue weighted by atomic mass is 10.0. The molecule has 0 spiro atoms. The number of aromatic nitrogens is 2. The Morgan fingerprint density at radius 1 is 1.26 bits per heavy atom. The lowest BCUT2D eigenvalue weighted by molar-refractivity contribution is -0.135. The molecule has 1 saturated heterocycles. The van der Waals surface area contributed by atoms with Gasteiger partial charge < -0.3 is 24.4 Å². The SMILES string of the molecule is CC(C)Oc1ccc(-c2nc(-c3cccc4c3CC3CC(=O)N(CC(O)O)C43)no2)cc1C#N. The minimum Gasteiger partial charge on any atom is -0.490 e. The van der Waals surface area contributed by atoms with E-state index in [-0.39, 0.29) is 30.5 Å². The van der Waals surface area contributed by atoms with Crippen molar-refractivity contribution in [3.63, 3.8) is 0 Å². The van der Waals surface area contributed by atoms with Gasteiger partial charge in [0.05, 0.1) is 24.3 Å². The largest absolute Gasteiger partial charge is 0.490 e. The Balaban J connectivity index is 1.47. The van der Waals surface area contributed by atoms with Crippen LogP contribution in [0.15, 0.2) is 40.9 Å². The van der Waals surface area contributed by atoms with Crippen molar-refractivity contribution in [2.75, 3.05) is 6.54 Å². The first-order valence-electron chi connectivity index (χ1n) is 11.2. The second-order valence-electron chi connectivity index (χ2n) is 8.93. The fourth-order valence-electron chi connectivity index (χ4n) is 5.00. The molecule has 1 aliphatic carbocycles. The number of ether oxygens (including phenoxy) is 1. The number of aliphatic hydroxyl groups is 2. The zero-order valence-corrected chi connectivity index (χ0v) is 18.8. The van der Waals surface area contributed by atoms with Gasteiger partial charge in [0.1, 0.15) is 11.8 Å². The van der Waals surface area contributed by atoms with Crippen molar-refractivity contribution in [1.82, 2.24) is 15.0 Å². The monoisotopic (exact) mass is 460 g/mol. The molecule has 2 aromatic carbocycles. The normalized spacial score (nSPS) is 19.0. The summed E-state index contributed by atoms with van der Waals surface area (Å²) in [5.41, 5.74) is 3.83. The van der Waals surface area contributed by atoms with Gasteiger partial charge in [0.2, 0.25) is 11.7 Å². The average Bonchev–Trinajstić information content (AvgIpc) is 3.48. The highest BCUT2D eigenvalue weighted by Crippen LogP contribution is 2.49. The molecule has 2 N–H and O–H groups in total. The molecule has 1 aliphatic heterocycles. The second-order valence-corrected chi connectivity index (χ2v) is 8.93. The first kappa shape index (κ1) is 22.1. The van der Waals surface area contributed by atoms with Crippen molar-refractivity contribution in [1.29, 1.82) is 5.26 Å². The van der Waals surface area contributed by atoms with Crippen LogP contribution in [0.4, 0.5) is 0 Å². The predicted octanol–water partition coefficient (Wildman–Crippen LogP) is 2.82. The number of nitrogens with zero attached hydrogens (tertiary/aromatic N) is 4. The van der Waals surface area contributed by atoms with Crippen molar-refractivity contribution in [3.8, 4) is 34.7 Å². The van der Waals surface area contributed by atoms with Crippen LogP contribution < -0.4 is 4.74 Å². The summed E-state index contributed by atoms with van der Waals surface area (Å²) in [7, 11) is 0. The number of amides is 1. The molecule has 3 aromatic rings. The number of carbonyl (C=O) groups is 1. The molecule has 2 atom stereocenters. The van der Waals surface area contributed by atoms with E-state index in [1.54, 1.807) is 23.1 Å². The van der Waals surface area contributed by atoms with Gasteiger partial charge in [-0.05, 0) is 55.5 Å². The van der Waals surface area contributed by atoms with E-state index in [9.17, 15) is 20.3 Å². The van der Waals surface area contributed by atoms with Crippen LogP contribution in [0, 0.1) is 17.2 Å². The minimum atomic E-state index is -1.58. The predicted molar refractivity (Wildman–Crippen MR) is 120 cm³/mol. The molecule has 2 aliphatic rings. The molecular weight excluding hydrogens is 436 g/mol. The molecule has 2 heterocycles. The number of carbonyl (C=O) groups excluding carboxylic acids is 1. The molecule has 0 radical (unpaired) electrons. The first-order valence-corrected chi connectivity index (χ1v) is 11.2. The van der Waals surface area contributed by atoms with E-state index in [0.717, 1.165) is 16.7 Å². The van der Waals surface area contributed by atoms with Crippen LogP contribution >= 0.6 is 0 Å². The van der Waals surface area contributed by atoms with E-state index in [4.69, 9.17) is 9.26 Å². The molecule has 34 heavy (non-hydrogen) atoms. The van der Waals surface area contributed by atoms with Gasteiger partial charge in [-0.25, -0.2) is 0 Å². The Morgan fingerprint density at radius 3 is 2.82 bits per heavy atom. The Bertz CT molecular complexity index is 1290. The maximum atomic E-state index is 12.4. The van der Waals surface area contributed by atoms with Gasteiger partial charge in [-0.1, -0.05) is 23.4 Å². The molecule has 0 saturated carbocycles. The van der Waals surface area contributed by atoms with Crippen LogP contribution in [0.5, 0.6) is 5.75 Å². The molecule has 1 aromatic heterocycles. The molecule has 9 nitrogen and oxygen atoms in total. The van der Waals surface area contributed by atoms with Gasteiger partial charge in [0.15, 0.2) is 6.29 Å². The number of aliphatic hydroxyl groups excluding tert-OH is 1. The number of rotatable bonds is 6. The fraction of sp³-hybridized carbons (Fsp3) is 0.360. The van der Waals surface area contributed by atoms with E-state index < -0.39 is 6.29 Å². The van der Waals surface area contributed by atoms with Crippen LogP contribution in [0.2, 0.25) is 0 Å². The molecule has 1 fully saturated rings. The Labute approximate surface area is 196 Å². The van der Waals surface area contributed by atoms with Crippen molar-refractivity contribution in [2.24, 2.45) is 5.92 Å². The molecule has 1 amide bonds. The third-order valence-electron chi connectivity index (χ3n) is 6.27. The molecule has 174 valence electrons. The minimum absolute atomic E-state index is 0.0560. The number of likely N-dealkylation sites (tertiary alicyclic amines) is 1. The van der Waals surface area contributed by atoms with E-state index >= 15 is 0 Å². The summed E-state index contributed by atoms with van der Waals surface area (Å²) in [4.78, 5) is 18.6. The Kier molecular flexibility index (Phi) is 5.55. The summed E-state index contributed by atoms with van der Waals surface area (Å²) in [6.07, 6.45) is -0.598. The topological polar surface area (TPSA) is 133 Å². The van der Waals surface area contributed by atoms with Crippen LogP contribution in [0.1, 0.15) is 43.0 Å². The van der Waals surface area contributed by atoms with Gasteiger partial charge in [-0.3, -0.25) is 4.79 Å². The fourth-order valence-corrected chi connectivity index (χ4v) is 5.00. The van der Waals surface area contributed by atoms with E-state index in [1.807, 2.05) is 32.0 Å². The number of benzene rings is 2. The highest BCUT2D eigenvalue weighted by Gasteiger charge is 2.46. The lowest BCUT2D eigenvalue weighted by Crippen LogP contribution is -2.35. The highest BCUT2D eigenvalue weighted by atomic mass is 16.5. The summed E-state index contributed by atoms with van der Waals surface area (Å²) in [5.74, 6) is 1.21. The molecular formula is C25H24N4O5. The van der Waals surface area contributed by atoms with Gasteiger partial charge in [0, 0.05) is 17.5 Å². The van der Waals surface area contributed by atoms with Crippen LogP contribution in [-0.2, 0) is 11.2 Å². The number of hydrogen-bond acceptors (Lipinski definition) is 8.